The molecule has 0 spiro atoms. The van der Waals surface area contributed by atoms with Gasteiger partial charge in [-0.25, -0.2) is 29.8 Å². The highest BCUT2D eigenvalue weighted by atomic mass is 79.9. The van der Waals surface area contributed by atoms with Crippen LogP contribution >= 0.6 is 15.9 Å². The lowest BCUT2D eigenvalue weighted by Gasteiger charge is -2.43. The molecule has 64 heavy (non-hydrogen) atoms. The minimum absolute atomic E-state index is 0.0474. The first-order valence-electron chi connectivity index (χ1n) is 22.3. The van der Waals surface area contributed by atoms with Gasteiger partial charge in [-0.05, 0) is 129 Å². The van der Waals surface area contributed by atoms with Crippen LogP contribution in [-0.2, 0) is 23.7 Å². The molecule has 3 atom stereocenters. The Hall–Kier alpha value is -3.79. The van der Waals surface area contributed by atoms with Crippen molar-refractivity contribution in [2.24, 2.45) is 0 Å². The minimum Gasteiger partial charge on any atom is -0.444 e. The number of nitrogens with one attached hydrogen (secondary N) is 1. The number of fused-ring (bicyclic) bond motifs is 1. The van der Waals surface area contributed by atoms with Crippen molar-refractivity contribution < 1.29 is 38.1 Å². The second-order valence-electron chi connectivity index (χ2n) is 22.3. The normalized spacial score (nSPS) is 17.6. The van der Waals surface area contributed by atoms with Crippen LogP contribution in [0.5, 0.6) is 0 Å². The van der Waals surface area contributed by atoms with E-state index in [1.807, 2.05) is 25.7 Å². The van der Waals surface area contributed by atoms with Crippen molar-refractivity contribution in [3.05, 3.63) is 34.7 Å². The zero-order valence-corrected chi connectivity index (χ0v) is 45.1. The first-order valence-corrected chi connectivity index (χ1v) is 30.5. The lowest BCUT2D eigenvalue weighted by Crippen LogP contribution is -2.51. The summed E-state index contributed by atoms with van der Waals surface area (Å²) < 4.78 is 32.3. The maximum atomic E-state index is 13.5. The third-order valence-electron chi connectivity index (χ3n) is 10.0. The Morgan fingerprint density at radius 3 is 1.80 bits per heavy atom. The number of piperidine rings is 1. The highest BCUT2D eigenvalue weighted by Crippen LogP contribution is 2.42. The van der Waals surface area contributed by atoms with Gasteiger partial charge >= 0.3 is 18.3 Å². The SMILES string of the molecule is CC1CC(c2nc3c(-c4ccc(N(NC(=O)OC(C)(C)C)C(=O)OC(C)(C)C)nc4)cnn3c(N(COCC[Si](C)(C)C)COCC[Si](C)(C)C)c2Br)C[C@H](C)N1C(=O)OC(C)(C)C. The van der Waals surface area contributed by atoms with E-state index in [-0.39, 0.29) is 43.4 Å². The van der Waals surface area contributed by atoms with E-state index in [0.29, 0.717) is 42.8 Å². The third-order valence-corrected chi connectivity index (χ3v) is 14.2. The molecule has 1 N–H and O–H groups in total. The maximum Gasteiger partial charge on any atom is 0.435 e. The number of nitrogens with zero attached hydrogens (tertiary/aromatic N) is 7. The van der Waals surface area contributed by atoms with E-state index in [1.165, 1.54) is 0 Å². The summed E-state index contributed by atoms with van der Waals surface area (Å²) in [5.41, 5.74) is 2.95. The van der Waals surface area contributed by atoms with Crippen LogP contribution in [0.25, 0.3) is 16.8 Å². The molecule has 0 aromatic carbocycles. The van der Waals surface area contributed by atoms with Gasteiger partial charge in [0.25, 0.3) is 0 Å². The van der Waals surface area contributed by atoms with Crippen LogP contribution in [0.2, 0.25) is 51.4 Å². The van der Waals surface area contributed by atoms with Crippen LogP contribution in [0, 0.1) is 0 Å². The number of anilines is 2. The zero-order chi connectivity index (χ0) is 48.2. The Labute approximate surface area is 391 Å². The van der Waals surface area contributed by atoms with Gasteiger partial charge in [-0.1, -0.05) is 39.3 Å². The molecule has 358 valence electrons. The van der Waals surface area contributed by atoms with Crippen molar-refractivity contribution in [2.75, 3.05) is 36.6 Å². The maximum absolute atomic E-state index is 13.5. The van der Waals surface area contributed by atoms with Crippen LogP contribution < -0.4 is 15.3 Å². The van der Waals surface area contributed by atoms with Gasteiger partial charge in [0, 0.05) is 64.7 Å². The number of amides is 3. The van der Waals surface area contributed by atoms with Crippen LogP contribution in [-0.4, -0.2) is 114 Å². The van der Waals surface area contributed by atoms with E-state index < -0.39 is 45.1 Å². The summed E-state index contributed by atoms with van der Waals surface area (Å²) in [7, 11) is -2.75. The minimum atomic E-state index is -1.37. The molecule has 3 amide bonds. The number of halogens is 1. The topological polar surface area (TPSA) is 162 Å². The molecular formula is C45H75BrN8O8Si2. The van der Waals surface area contributed by atoms with Gasteiger partial charge in [0.2, 0.25) is 0 Å². The quantitative estimate of drug-likeness (QED) is 0.0536. The Kier molecular flexibility index (Phi) is 17.2. The molecule has 1 saturated heterocycles. The van der Waals surface area contributed by atoms with E-state index in [9.17, 15) is 14.4 Å². The molecule has 1 aliphatic heterocycles. The van der Waals surface area contributed by atoms with Gasteiger partial charge in [-0.3, -0.25) is 0 Å². The van der Waals surface area contributed by atoms with Crippen molar-refractivity contribution in [1.82, 2.24) is 29.9 Å². The molecule has 1 fully saturated rings. The van der Waals surface area contributed by atoms with E-state index in [2.05, 4.69) is 84.4 Å². The number of pyridine rings is 1. The Morgan fingerprint density at radius 1 is 0.797 bits per heavy atom. The van der Waals surface area contributed by atoms with Crippen LogP contribution in [0.3, 0.4) is 0 Å². The molecule has 3 aromatic rings. The van der Waals surface area contributed by atoms with Gasteiger partial charge in [-0.15, -0.1) is 0 Å². The lowest BCUT2D eigenvalue weighted by molar-refractivity contribution is -0.00280. The summed E-state index contributed by atoms with van der Waals surface area (Å²) in [5, 5.41) is 5.86. The second kappa shape index (κ2) is 20.8. The third kappa shape index (κ3) is 15.7. The fourth-order valence-electron chi connectivity index (χ4n) is 7.04. The molecule has 4 heterocycles. The average Bonchev–Trinajstić information content (AvgIpc) is 3.53. The fourth-order valence-corrected chi connectivity index (χ4v) is 9.39. The van der Waals surface area contributed by atoms with Gasteiger partial charge in [0.05, 0.1) is 16.4 Å². The van der Waals surface area contributed by atoms with E-state index in [4.69, 9.17) is 33.8 Å². The molecule has 3 aromatic heterocycles. The molecular weight excluding hydrogens is 917 g/mol. The summed E-state index contributed by atoms with van der Waals surface area (Å²) in [6.45, 7) is 35.9. The summed E-state index contributed by atoms with van der Waals surface area (Å²) in [6.07, 6.45) is 2.63. The first-order chi connectivity index (χ1) is 29.3. The molecule has 0 bridgehead atoms. The Balaban J connectivity index is 1.85. The molecule has 0 aliphatic carbocycles. The van der Waals surface area contributed by atoms with Crippen molar-refractivity contribution in [2.45, 2.75) is 175 Å². The molecule has 0 saturated carbocycles. The highest BCUT2D eigenvalue weighted by molar-refractivity contribution is 9.10. The molecule has 2 unspecified atom stereocenters. The number of likely N-dealkylation sites (tertiary alicyclic amines) is 1. The number of aromatic nitrogens is 4. The van der Waals surface area contributed by atoms with Crippen LogP contribution in [0.1, 0.15) is 101 Å². The van der Waals surface area contributed by atoms with Crippen LogP contribution in [0.15, 0.2) is 29.0 Å². The largest absolute Gasteiger partial charge is 0.444 e. The second-order valence-corrected chi connectivity index (χ2v) is 34.3. The Morgan fingerprint density at radius 2 is 1.33 bits per heavy atom. The molecule has 0 radical (unpaired) electrons. The predicted molar refractivity (Wildman–Crippen MR) is 261 cm³/mol. The van der Waals surface area contributed by atoms with Gasteiger partial charge in [0.15, 0.2) is 17.3 Å². The number of carbonyl (C=O) groups is 3. The van der Waals surface area contributed by atoms with E-state index in [1.54, 1.807) is 70.6 Å². The van der Waals surface area contributed by atoms with Crippen molar-refractivity contribution in [3.8, 4) is 11.1 Å². The average molecular weight is 992 g/mol. The smallest absolute Gasteiger partial charge is 0.435 e. The number of rotatable bonds is 14. The number of ether oxygens (including phenoxy) is 5. The van der Waals surface area contributed by atoms with Gasteiger partial charge < -0.3 is 33.5 Å². The summed E-state index contributed by atoms with van der Waals surface area (Å²) in [4.78, 5) is 53.7. The standard InChI is InChI=1S/C45H75BrN8O8Si2/c1-30-24-33(25-31(2)52(30)41(56)61-44(6,7)8)37-36(46)39(51(28-58-20-22-63(12,13)14)29-59-21-23-64(15,16)17)54-38(49-37)34(27-48-54)32-18-19-35(47-26-32)53(42(57)62-45(9,10)11)50-40(55)60-43(3,4)5/h18-19,26-27,30-31,33H,20-25,28-29H2,1-17H3,(H,50,55)/t30-,31?,33?/m0/s1. The lowest BCUT2D eigenvalue weighted by atomic mass is 9.85. The number of carbonyl (C=O) groups excluding carboxylic acids is 3. The molecule has 4 rings (SSSR count). The molecule has 1 aliphatic rings. The van der Waals surface area contributed by atoms with E-state index >= 15 is 0 Å². The first kappa shape index (κ1) is 52.8. The van der Waals surface area contributed by atoms with Crippen molar-refractivity contribution >= 4 is 67.6 Å². The van der Waals surface area contributed by atoms with Crippen molar-refractivity contribution in [1.29, 1.82) is 0 Å². The van der Waals surface area contributed by atoms with Crippen molar-refractivity contribution in [3.63, 3.8) is 0 Å². The van der Waals surface area contributed by atoms with E-state index in [0.717, 1.165) is 33.1 Å². The van der Waals surface area contributed by atoms with Gasteiger partial charge in [-0.2, -0.15) is 14.6 Å². The summed E-state index contributed by atoms with van der Waals surface area (Å²) in [5.74, 6) is 0.785. The number of hydrogen-bond donors (Lipinski definition) is 1. The zero-order valence-electron chi connectivity index (χ0n) is 41.5. The highest BCUT2D eigenvalue weighted by Gasteiger charge is 2.39. The number of hydrazine groups is 1. The summed E-state index contributed by atoms with van der Waals surface area (Å²) in [6, 6.07) is 5.15. The monoisotopic (exact) mass is 990 g/mol. The Bertz CT molecular complexity index is 2040. The van der Waals surface area contributed by atoms with Gasteiger partial charge in [0.1, 0.15) is 30.3 Å². The molecule has 19 heteroatoms. The molecule has 16 nitrogen and oxygen atoms in total. The number of hydrogen-bond acceptors (Lipinski definition) is 12. The fraction of sp³-hybridized carbons (Fsp3) is 0.689. The summed E-state index contributed by atoms with van der Waals surface area (Å²) >= 11 is 4.03. The van der Waals surface area contributed by atoms with Crippen LogP contribution in [0.4, 0.5) is 26.0 Å². The predicted octanol–water partition coefficient (Wildman–Crippen LogP) is 11.1.